The molecule has 5 heteroatoms. The molecule has 1 atom stereocenters. The minimum atomic E-state index is 0.151. The monoisotopic (exact) mass is 227 g/mol. The molecule has 1 aliphatic rings. The lowest BCUT2D eigenvalue weighted by Gasteiger charge is -2.34. The Morgan fingerprint density at radius 1 is 1.18 bits per heavy atom. The maximum absolute atomic E-state index is 5.95. The molecule has 0 aliphatic carbocycles. The van der Waals surface area contributed by atoms with E-state index in [2.05, 4.69) is 26.8 Å². The van der Waals surface area contributed by atoms with Gasteiger partial charge in [0, 0.05) is 31.2 Å². The van der Waals surface area contributed by atoms with Crippen molar-refractivity contribution < 1.29 is 0 Å². The molecule has 0 bridgehead atoms. The van der Waals surface area contributed by atoms with Crippen LogP contribution >= 0.6 is 0 Å². The molecule has 86 valence electrons. The van der Waals surface area contributed by atoms with Crippen LogP contribution < -0.4 is 10.6 Å². The SMILES string of the molecule is CC1c2nccnc2-c2ccnc(N)c2N1C. The fraction of sp³-hybridized carbons (Fsp3) is 0.250. The summed E-state index contributed by atoms with van der Waals surface area (Å²) in [5.41, 5.74) is 9.77. The molecule has 3 heterocycles. The van der Waals surface area contributed by atoms with Gasteiger partial charge in [0.2, 0.25) is 0 Å². The van der Waals surface area contributed by atoms with Gasteiger partial charge in [0.25, 0.3) is 0 Å². The molecule has 0 radical (unpaired) electrons. The van der Waals surface area contributed by atoms with E-state index in [1.54, 1.807) is 18.6 Å². The number of nitrogens with two attached hydrogens (primary N) is 1. The van der Waals surface area contributed by atoms with Crippen LogP contribution in [0.25, 0.3) is 11.3 Å². The van der Waals surface area contributed by atoms with Crippen molar-refractivity contribution in [3.8, 4) is 11.3 Å². The number of pyridine rings is 1. The maximum Gasteiger partial charge on any atom is 0.147 e. The fourth-order valence-electron chi connectivity index (χ4n) is 2.27. The lowest BCUT2D eigenvalue weighted by molar-refractivity contribution is 0.700. The summed E-state index contributed by atoms with van der Waals surface area (Å²) >= 11 is 0. The van der Waals surface area contributed by atoms with E-state index in [4.69, 9.17) is 5.73 Å². The van der Waals surface area contributed by atoms with Gasteiger partial charge in [0.05, 0.1) is 23.1 Å². The Morgan fingerprint density at radius 3 is 2.76 bits per heavy atom. The predicted octanol–water partition coefficient (Wildman–Crippen LogP) is 1.63. The van der Waals surface area contributed by atoms with Gasteiger partial charge < -0.3 is 10.6 Å². The number of rotatable bonds is 0. The molecule has 0 aromatic carbocycles. The van der Waals surface area contributed by atoms with Crippen LogP contribution in [0.4, 0.5) is 11.5 Å². The van der Waals surface area contributed by atoms with E-state index in [9.17, 15) is 0 Å². The Hall–Kier alpha value is -2.17. The molecular weight excluding hydrogens is 214 g/mol. The first-order valence-electron chi connectivity index (χ1n) is 5.48. The highest BCUT2D eigenvalue weighted by atomic mass is 15.2. The number of hydrogen-bond donors (Lipinski definition) is 1. The highest BCUT2D eigenvalue weighted by Crippen LogP contribution is 2.43. The normalized spacial score (nSPS) is 17.5. The largest absolute Gasteiger partial charge is 0.382 e. The Bertz CT molecular complexity index is 581. The quantitative estimate of drug-likeness (QED) is 0.740. The van der Waals surface area contributed by atoms with Crippen molar-refractivity contribution in [1.29, 1.82) is 0 Å². The second kappa shape index (κ2) is 3.41. The Labute approximate surface area is 99.3 Å². The Kier molecular flexibility index (Phi) is 2.01. The van der Waals surface area contributed by atoms with Crippen LogP contribution in [0.2, 0.25) is 0 Å². The molecule has 2 aromatic heterocycles. The molecule has 2 aromatic rings. The van der Waals surface area contributed by atoms with Crippen LogP contribution in [0.5, 0.6) is 0 Å². The summed E-state index contributed by atoms with van der Waals surface area (Å²) in [5.74, 6) is 0.535. The number of fused-ring (bicyclic) bond motifs is 3. The summed E-state index contributed by atoms with van der Waals surface area (Å²) in [6.07, 6.45) is 5.13. The molecule has 2 N–H and O–H groups in total. The zero-order chi connectivity index (χ0) is 12.0. The van der Waals surface area contributed by atoms with Crippen LogP contribution in [-0.2, 0) is 0 Å². The minimum absolute atomic E-state index is 0.151. The summed E-state index contributed by atoms with van der Waals surface area (Å²) in [4.78, 5) is 15.1. The lowest BCUT2D eigenvalue weighted by atomic mass is 9.98. The van der Waals surface area contributed by atoms with Crippen molar-refractivity contribution in [1.82, 2.24) is 15.0 Å². The van der Waals surface area contributed by atoms with E-state index in [1.165, 1.54) is 0 Å². The molecule has 1 aliphatic heterocycles. The molecule has 3 rings (SSSR count). The number of nitrogens with zero attached hydrogens (tertiary/aromatic N) is 4. The number of hydrogen-bond acceptors (Lipinski definition) is 5. The van der Waals surface area contributed by atoms with E-state index in [1.807, 2.05) is 13.1 Å². The third-order valence-corrected chi connectivity index (χ3v) is 3.26. The molecule has 5 nitrogen and oxygen atoms in total. The van der Waals surface area contributed by atoms with Crippen molar-refractivity contribution in [2.45, 2.75) is 13.0 Å². The Morgan fingerprint density at radius 2 is 1.94 bits per heavy atom. The van der Waals surface area contributed by atoms with Gasteiger partial charge in [-0.25, -0.2) is 4.98 Å². The predicted molar refractivity (Wildman–Crippen MR) is 66.5 cm³/mol. The molecule has 17 heavy (non-hydrogen) atoms. The van der Waals surface area contributed by atoms with Gasteiger partial charge in [-0.3, -0.25) is 9.97 Å². The van der Waals surface area contributed by atoms with E-state index in [0.29, 0.717) is 5.82 Å². The van der Waals surface area contributed by atoms with Crippen LogP contribution in [0.1, 0.15) is 18.7 Å². The van der Waals surface area contributed by atoms with Gasteiger partial charge in [-0.05, 0) is 13.0 Å². The van der Waals surface area contributed by atoms with Gasteiger partial charge >= 0.3 is 0 Å². The zero-order valence-corrected chi connectivity index (χ0v) is 9.75. The molecule has 0 amide bonds. The topological polar surface area (TPSA) is 67.9 Å². The van der Waals surface area contributed by atoms with Crippen molar-refractivity contribution in [3.05, 3.63) is 30.4 Å². The second-order valence-electron chi connectivity index (χ2n) is 4.17. The van der Waals surface area contributed by atoms with Gasteiger partial charge in [-0.1, -0.05) is 0 Å². The zero-order valence-electron chi connectivity index (χ0n) is 9.75. The number of anilines is 2. The average Bonchev–Trinajstić information content (AvgIpc) is 2.36. The second-order valence-corrected chi connectivity index (χ2v) is 4.17. The summed E-state index contributed by atoms with van der Waals surface area (Å²) in [6.45, 7) is 2.09. The van der Waals surface area contributed by atoms with Crippen LogP contribution in [0, 0.1) is 0 Å². The highest BCUT2D eigenvalue weighted by molar-refractivity contribution is 5.87. The summed E-state index contributed by atoms with van der Waals surface area (Å²) in [7, 11) is 2.00. The molecule has 0 saturated carbocycles. The van der Waals surface area contributed by atoms with Crippen molar-refractivity contribution in [2.24, 2.45) is 0 Å². The van der Waals surface area contributed by atoms with E-state index < -0.39 is 0 Å². The molecule has 0 saturated heterocycles. The van der Waals surface area contributed by atoms with Gasteiger partial charge in [0.1, 0.15) is 5.82 Å². The first kappa shape index (κ1) is 10.0. The van der Waals surface area contributed by atoms with Gasteiger partial charge in [0.15, 0.2) is 0 Å². The Balaban J connectivity index is 2.36. The van der Waals surface area contributed by atoms with E-state index >= 15 is 0 Å². The summed E-state index contributed by atoms with van der Waals surface area (Å²) in [5, 5.41) is 0. The first-order chi connectivity index (χ1) is 8.20. The number of aromatic nitrogens is 3. The lowest BCUT2D eigenvalue weighted by Crippen LogP contribution is -2.28. The molecule has 0 fully saturated rings. The third-order valence-electron chi connectivity index (χ3n) is 3.26. The van der Waals surface area contributed by atoms with Crippen LogP contribution in [-0.4, -0.2) is 22.0 Å². The standard InChI is InChI=1S/C12H13N5/c1-7-9-10(15-6-5-14-9)8-3-4-16-12(13)11(8)17(7)2/h3-7H,1-2H3,(H2,13,16). The number of nitrogen functional groups attached to an aromatic ring is 1. The highest BCUT2D eigenvalue weighted by Gasteiger charge is 2.29. The van der Waals surface area contributed by atoms with Gasteiger partial charge in [-0.2, -0.15) is 0 Å². The summed E-state index contributed by atoms with van der Waals surface area (Å²) in [6, 6.07) is 2.08. The van der Waals surface area contributed by atoms with Crippen molar-refractivity contribution in [3.63, 3.8) is 0 Å². The molecule has 0 spiro atoms. The molecular formula is C12H13N5. The third kappa shape index (κ3) is 1.28. The maximum atomic E-state index is 5.95. The smallest absolute Gasteiger partial charge is 0.147 e. The van der Waals surface area contributed by atoms with Gasteiger partial charge in [-0.15, -0.1) is 0 Å². The minimum Gasteiger partial charge on any atom is -0.382 e. The first-order valence-corrected chi connectivity index (χ1v) is 5.48. The van der Waals surface area contributed by atoms with E-state index in [0.717, 1.165) is 22.6 Å². The van der Waals surface area contributed by atoms with Crippen LogP contribution in [0.15, 0.2) is 24.7 Å². The van der Waals surface area contributed by atoms with Crippen molar-refractivity contribution in [2.75, 3.05) is 17.7 Å². The van der Waals surface area contributed by atoms with E-state index in [-0.39, 0.29) is 6.04 Å². The average molecular weight is 227 g/mol. The van der Waals surface area contributed by atoms with Crippen LogP contribution in [0.3, 0.4) is 0 Å². The molecule has 1 unspecified atom stereocenters. The fourth-order valence-corrected chi connectivity index (χ4v) is 2.27. The summed E-state index contributed by atoms with van der Waals surface area (Å²) < 4.78 is 0. The van der Waals surface area contributed by atoms with Crippen molar-refractivity contribution >= 4 is 11.5 Å².